The summed E-state index contributed by atoms with van der Waals surface area (Å²) in [7, 11) is 1.60. The van der Waals surface area contributed by atoms with Crippen LogP contribution in [-0.4, -0.2) is 63.9 Å². The second-order valence-electron chi connectivity index (χ2n) is 9.49. The van der Waals surface area contributed by atoms with E-state index in [1.54, 1.807) is 11.8 Å². The Morgan fingerprint density at radius 2 is 2.00 bits per heavy atom. The predicted molar refractivity (Wildman–Crippen MR) is 130 cm³/mol. The van der Waals surface area contributed by atoms with Crippen LogP contribution in [0, 0.1) is 5.92 Å². The Labute approximate surface area is 199 Å². The molecule has 1 aromatic carbocycles. The lowest BCUT2D eigenvalue weighted by Crippen LogP contribution is -2.45. The maximum absolute atomic E-state index is 12.9. The maximum atomic E-state index is 12.9. The molecule has 2 aliphatic rings. The van der Waals surface area contributed by atoms with Gasteiger partial charge < -0.3 is 25.0 Å². The van der Waals surface area contributed by atoms with Gasteiger partial charge in [0.1, 0.15) is 18.1 Å². The number of benzene rings is 1. The number of hydrogen-bond donors (Lipinski definition) is 2. The lowest BCUT2D eigenvalue weighted by molar-refractivity contribution is -0.134. The summed E-state index contributed by atoms with van der Waals surface area (Å²) in [6.45, 7) is 7.18. The number of aliphatic hydroxyl groups is 1. The van der Waals surface area contributed by atoms with Crippen molar-refractivity contribution >= 4 is 28.4 Å². The van der Waals surface area contributed by atoms with Crippen LogP contribution in [0.4, 0.5) is 5.69 Å². The average Bonchev–Trinajstić information content (AvgIpc) is 3.18. The SMILES string of the molecule is COc1cc2nn(CC(=O)N3CCC(C(C)(C)O)CC3)cc2cc1N1CC=CC=C1NC(C)=O. The molecule has 0 bridgehead atoms. The second kappa shape index (κ2) is 9.50. The van der Waals surface area contributed by atoms with Gasteiger partial charge in [0.2, 0.25) is 11.8 Å². The molecular weight excluding hydrogens is 434 g/mol. The topological polar surface area (TPSA) is 99.9 Å². The standard InChI is InChI=1S/C25H33N5O4/c1-17(31)26-23-7-5-6-10-30(23)21-13-18-15-29(27-20(18)14-22(21)34-4)16-24(32)28-11-8-19(9-12-28)25(2,3)33/h5-7,13-15,19,33H,8-12,16H2,1-4H3,(H,26,31). The maximum Gasteiger partial charge on any atom is 0.244 e. The number of methoxy groups -OCH3 is 1. The molecule has 0 radical (unpaired) electrons. The third-order valence-electron chi connectivity index (χ3n) is 6.56. The van der Waals surface area contributed by atoms with Crippen LogP contribution >= 0.6 is 0 Å². The largest absolute Gasteiger partial charge is 0.494 e. The molecule has 182 valence electrons. The van der Waals surface area contributed by atoms with E-state index < -0.39 is 5.60 Å². The van der Waals surface area contributed by atoms with E-state index in [1.807, 2.05) is 60.2 Å². The molecule has 0 saturated carbocycles. The number of carbonyl (C=O) groups excluding carboxylic acids is 2. The van der Waals surface area contributed by atoms with Gasteiger partial charge in [0.15, 0.2) is 0 Å². The molecule has 0 unspecified atom stereocenters. The molecule has 2 aromatic rings. The number of rotatable bonds is 6. The van der Waals surface area contributed by atoms with Gasteiger partial charge in [0.05, 0.1) is 23.9 Å². The fourth-order valence-electron chi connectivity index (χ4n) is 4.65. The van der Waals surface area contributed by atoms with Gasteiger partial charge >= 0.3 is 0 Å². The number of fused-ring (bicyclic) bond motifs is 1. The Hall–Kier alpha value is -3.33. The van der Waals surface area contributed by atoms with Gasteiger partial charge in [0, 0.05) is 44.2 Å². The highest BCUT2D eigenvalue weighted by Gasteiger charge is 2.32. The summed E-state index contributed by atoms with van der Waals surface area (Å²) in [5.74, 6) is 1.38. The first-order valence-corrected chi connectivity index (χ1v) is 11.6. The molecule has 9 nitrogen and oxygen atoms in total. The van der Waals surface area contributed by atoms with Crippen LogP contribution in [-0.2, 0) is 16.1 Å². The van der Waals surface area contributed by atoms with Crippen molar-refractivity contribution in [3.63, 3.8) is 0 Å². The zero-order valence-corrected chi connectivity index (χ0v) is 20.2. The molecule has 2 amide bonds. The number of allylic oxidation sites excluding steroid dienone is 2. The average molecular weight is 468 g/mol. The minimum Gasteiger partial charge on any atom is -0.494 e. The van der Waals surface area contributed by atoms with Crippen molar-refractivity contribution in [3.8, 4) is 5.75 Å². The molecule has 9 heteroatoms. The third-order valence-corrected chi connectivity index (χ3v) is 6.56. The summed E-state index contributed by atoms with van der Waals surface area (Å²) in [6, 6.07) is 3.82. The number of hydrogen-bond acceptors (Lipinski definition) is 6. The Morgan fingerprint density at radius 1 is 1.26 bits per heavy atom. The smallest absolute Gasteiger partial charge is 0.244 e. The molecule has 0 atom stereocenters. The normalized spacial score (nSPS) is 17.1. The van der Waals surface area contributed by atoms with E-state index in [1.165, 1.54) is 6.92 Å². The number of nitrogens with one attached hydrogen (secondary N) is 1. The fourth-order valence-corrected chi connectivity index (χ4v) is 4.65. The second-order valence-corrected chi connectivity index (χ2v) is 9.49. The Balaban J connectivity index is 1.52. The van der Waals surface area contributed by atoms with Crippen molar-refractivity contribution in [3.05, 3.63) is 42.4 Å². The minimum absolute atomic E-state index is 0.0197. The predicted octanol–water partition coefficient (Wildman–Crippen LogP) is 2.41. The van der Waals surface area contributed by atoms with Gasteiger partial charge in [-0.1, -0.05) is 12.2 Å². The summed E-state index contributed by atoms with van der Waals surface area (Å²) >= 11 is 0. The van der Waals surface area contributed by atoms with Gasteiger partial charge in [-0.05, 0) is 44.7 Å². The Bertz CT molecular complexity index is 1140. The highest BCUT2D eigenvalue weighted by molar-refractivity contribution is 5.87. The third kappa shape index (κ3) is 5.09. The summed E-state index contributed by atoms with van der Waals surface area (Å²) in [5.41, 5.74) is 0.816. The molecule has 2 aliphatic heterocycles. The van der Waals surface area contributed by atoms with Crippen LogP contribution < -0.4 is 15.0 Å². The van der Waals surface area contributed by atoms with E-state index in [-0.39, 0.29) is 24.3 Å². The summed E-state index contributed by atoms with van der Waals surface area (Å²) in [6.07, 6.45) is 9.20. The zero-order chi connectivity index (χ0) is 24.5. The molecule has 34 heavy (non-hydrogen) atoms. The number of piperidine rings is 1. The number of anilines is 1. The Kier molecular flexibility index (Phi) is 6.65. The number of nitrogens with zero attached hydrogens (tertiary/aromatic N) is 4. The first kappa shape index (κ1) is 23.8. The first-order chi connectivity index (χ1) is 16.2. The molecule has 1 fully saturated rings. The van der Waals surface area contributed by atoms with E-state index in [2.05, 4.69) is 10.4 Å². The van der Waals surface area contributed by atoms with E-state index in [9.17, 15) is 14.7 Å². The number of likely N-dealkylation sites (tertiary alicyclic amines) is 1. The summed E-state index contributed by atoms with van der Waals surface area (Å²) in [5, 5.41) is 18.6. The van der Waals surface area contributed by atoms with Crippen LogP contribution in [0.25, 0.3) is 10.9 Å². The summed E-state index contributed by atoms with van der Waals surface area (Å²) < 4.78 is 7.30. The zero-order valence-electron chi connectivity index (χ0n) is 20.2. The van der Waals surface area contributed by atoms with Gasteiger partial charge in [-0.25, -0.2) is 0 Å². The minimum atomic E-state index is -0.718. The van der Waals surface area contributed by atoms with Crippen LogP contribution in [0.15, 0.2) is 42.4 Å². The lowest BCUT2D eigenvalue weighted by Gasteiger charge is -2.37. The number of carbonyl (C=O) groups is 2. The van der Waals surface area contributed by atoms with Crippen molar-refractivity contribution in [2.45, 2.75) is 45.8 Å². The molecule has 1 aromatic heterocycles. The number of ether oxygens (including phenoxy) is 1. The number of amides is 2. The molecular formula is C25H33N5O4. The van der Waals surface area contributed by atoms with Crippen molar-refractivity contribution in [2.24, 2.45) is 5.92 Å². The van der Waals surface area contributed by atoms with Gasteiger partial charge in [-0.2, -0.15) is 5.10 Å². The monoisotopic (exact) mass is 467 g/mol. The van der Waals surface area contributed by atoms with Crippen molar-refractivity contribution < 1.29 is 19.4 Å². The molecule has 2 N–H and O–H groups in total. The van der Waals surface area contributed by atoms with Crippen LogP contribution in [0.2, 0.25) is 0 Å². The quantitative estimate of drug-likeness (QED) is 0.677. The summed E-state index contributed by atoms with van der Waals surface area (Å²) in [4.78, 5) is 28.4. The number of aromatic nitrogens is 2. The van der Waals surface area contributed by atoms with Crippen molar-refractivity contribution in [2.75, 3.05) is 31.6 Å². The van der Waals surface area contributed by atoms with E-state index in [0.29, 0.717) is 31.2 Å². The molecule has 1 saturated heterocycles. The van der Waals surface area contributed by atoms with E-state index in [4.69, 9.17) is 4.74 Å². The first-order valence-electron chi connectivity index (χ1n) is 11.6. The van der Waals surface area contributed by atoms with Crippen LogP contribution in [0.3, 0.4) is 0 Å². The molecule has 0 aliphatic carbocycles. The van der Waals surface area contributed by atoms with E-state index in [0.717, 1.165) is 29.4 Å². The van der Waals surface area contributed by atoms with Crippen LogP contribution in [0.1, 0.15) is 33.6 Å². The van der Waals surface area contributed by atoms with Gasteiger partial charge in [-0.3, -0.25) is 14.3 Å². The molecule has 4 rings (SSSR count). The molecule has 3 heterocycles. The van der Waals surface area contributed by atoms with E-state index >= 15 is 0 Å². The van der Waals surface area contributed by atoms with Gasteiger partial charge in [-0.15, -0.1) is 0 Å². The highest BCUT2D eigenvalue weighted by Crippen LogP contribution is 2.35. The lowest BCUT2D eigenvalue weighted by atomic mass is 9.83. The van der Waals surface area contributed by atoms with Gasteiger partial charge in [0.25, 0.3) is 0 Å². The van der Waals surface area contributed by atoms with Crippen molar-refractivity contribution in [1.82, 2.24) is 20.0 Å². The van der Waals surface area contributed by atoms with Crippen LogP contribution in [0.5, 0.6) is 5.75 Å². The van der Waals surface area contributed by atoms with Crippen molar-refractivity contribution in [1.29, 1.82) is 0 Å². The Morgan fingerprint density at radius 3 is 2.65 bits per heavy atom. The molecule has 0 spiro atoms. The highest BCUT2D eigenvalue weighted by atomic mass is 16.5. The fraction of sp³-hybridized carbons (Fsp3) is 0.480.